The summed E-state index contributed by atoms with van der Waals surface area (Å²) in [4.78, 5) is 0. The average molecular weight is 295 g/mol. The molecule has 1 nitrogen and oxygen atoms in total. The van der Waals surface area contributed by atoms with Crippen LogP contribution in [0.1, 0.15) is 66.2 Å². The molecule has 0 aromatic rings. The van der Waals surface area contributed by atoms with Crippen molar-refractivity contribution in [2.75, 3.05) is 0 Å². The first kappa shape index (κ1) is 16.3. The zero-order chi connectivity index (χ0) is 15.2. The van der Waals surface area contributed by atoms with Gasteiger partial charge in [-0.1, -0.05) is 45.8 Å². The molecule has 2 fully saturated rings. The van der Waals surface area contributed by atoms with Gasteiger partial charge < -0.3 is 4.43 Å². The third-order valence-electron chi connectivity index (χ3n) is 6.51. The van der Waals surface area contributed by atoms with Gasteiger partial charge in [0.2, 0.25) is 0 Å². The molecule has 0 amide bonds. The van der Waals surface area contributed by atoms with Crippen molar-refractivity contribution in [3.63, 3.8) is 0 Å². The molecule has 20 heavy (non-hydrogen) atoms. The number of allylic oxidation sites excluding steroid dienone is 1. The summed E-state index contributed by atoms with van der Waals surface area (Å²) in [7, 11) is -1.65. The van der Waals surface area contributed by atoms with Crippen molar-refractivity contribution in [2.24, 2.45) is 11.3 Å². The van der Waals surface area contributed by atoms with Gasteiger partial charge in [0, 0.05) is 6.10 Å². The van der Waals surface area contributed by atoms with Crippen LogP contribution in [0.2, 0.25) is 18.1 Å². The molecule has 0 heterocycles. The second-order valence-corrected chi connectivity index (χ2v) is 13.5. The Labute approximate surface area is 127 Å². The molecule has 0 aliphatic heterocycles. The lowest BCUT2D eigenvalue weighted by atomic mass is 9.63. The Hall–Kier alpha value is -0.0831. The predicted octanol–water partition coefficient (Wildman–Crippen LogP) is 5.92. The molecule has 2 aliphatic rings. The second-order valence-electron chi connectivity index (χ2n) is 8.74. The van der Waals surface area contributed by atoms with Gasteiger partial charge in [0.05, 0.1) is 0 Å². The zero-order valence-corrected chi connectivity index (χ0v) is 15.5. The van der Waals surface area contributed by atoms with Crippen LogP contribution in [-0.2, 0) is 4.43 Å². The Balaban J connectivity index is 2.19. The van der Waals surface area contributed by atoms with Crippen LogP contribution in [0, 0.1) is 11.3 Å². The summed E-state index contributed by atoms with van der Waals surface area (Å²) in [5.41, 5.74) is 1.83. The molecule has 0 bridgehead atoms. The molecule has 0 aromatic heterocycles. The molecule has 0 aromatic carbocycles. The molecule has 3 atom stereocenters. The maximum atomic E-state index is 6.83. The SMILES string of the molecule is C=C(C)[C@@]12CCCC1[C@@H](O[Si](C)(C)C(C)(C)C)CCC2. The zero-order valence-electron chi connectivity index (χ0n) is 14.5. The summed E-state index contributed by atoms with van der Waals surface area (Å²) in [6, 6.07) is 0. The molecule has 2 heteroatoms. The molecule has 0 saturated heterocycles. The van der Waals surface area contributed by atoms with Crippen LogP contribution >= 0.6 is 0 Å². The predicted molar refractivity (Wildman–Crippen MR) is 90.5 cm³/mol. The molecule has 0 spiro atoms. The Morgan fingerprint density at radius 1 is 1.15 bits per heavy atom. The second kappa shape index (κ2) is 5.28. The summed E-state index contributed by atoms with van der Waals surface area (Å²) >= 11 is 0. The Bertz CT molecular complexity index is 379. The van der Waals surface area contributed by atoms with Crippen molar-refractivity contribution in [1.29, 1.82) is 0 Å². The Kier molecular flexibility index (Phi) is 4.30. The van der Waals surface area contributed by atoms with E-state index in [4.69, 9.17) is 4.43 Å². The Morgan fingerprint density at radius 2 is 1.70 bits per heavy atom. The van der Waals surface area contributed by atoms with E-state index in [0.717, 1.165) is 5.92 Å². The first-order valence-electron chi connectivity index (χ1n) is 8.44. The molecule has 2 saturated carbocycles. The van der Waals surface area contributed by atoms with E-state index >= 15 is 0 Å². The molecule has 0 N–H and O–H groups in total. The summed E-state index contributed by atoms with van der Waals surface area (Å²) in [5, 5.41) is 0.314. The number of hydrogen-bond donors (Lipinski definition) is 0. The summed E-state index contributed by atoms with van der Waals surface area (Å²) < 4.78 is 6.83. The maximum absolute atomic E-state index is 6.83. The van der Waals surface area contributed by atoms with Crippen LogP contribution in [0.15, 0.2) is 12.2 Å². The van der Waals surface area contributed by atoms with Gasteiger partial charge in [-0.2, -0.15) is 0 Å². The van der Waals surface area contributed by atoms with Gasteiger partial charge >= 0.3 is 0 Å². The van der Waals surface area contributed by atoms with Crippen LogP contribution in [0.3, 0.4) is 0 Å². The monoisotopic (exact) mass is 294 g/mol. The van der Waals surface area contributed by atoms with Crippen LogP contribution in [0.25, 0.3) is 0 Å². The van der Waals surface area contributed by atoms with E-state index in [2.05, 4.69) is 47.4 Å². The van der Waals surface area contributed by atoms with E-state index in [0.29, 0.717) is 16.6 Å². The van der Waals surface area contributed by atoms with E-state index < -0.39 is 8.32 Å². The fourth-order valence-corrected chi connectivity index (χ4v) is 5.60. The topological polar surface area (TPSA) is 9.23 Å². The largest absolute Gasteiger partial charge is 0.414 e. The van der Waals surface area contributed by atoms with Crippen molar-refractivity contribution in [2.45, 2.75) is 90.5 Å². The molecule has 2 aliphatic carbocycles. The highest BCUT2D eigenvalue weighted by atomic mass is 28.4. The fraction of sp³-hybridized carbons (Fsp3) is 0.889. The van der Waals surface area contributed by atoms with Gasteiger partial charge in [-0.15, -0.1) is 0 Å². The minimum absolute atomic E-state index is 0.314. The third kappa shape index (κ3) is 2.66. The standard InChI is InChI=1S/C18H34OSi/c1-14(2)18-12-8-10-15(18)16(11-9-13-18)19-20(6,7)17(3,4)5/h15-16H,1,8-13H2,2-7H3/t15?,16-,18-/m0/s1. The lowest BCUT2D eigenvalue weighted by Gasteiger charge is -2.49. The van der Waals surface area contributed by atoms with Gasteiger partial charge in [-0.05, 0) is 62.1 Å². The van der Waals surface area contributed by atoms with Crippen molar-refractivity contribution in [3.8, 4) is 0 Å². The highest BCUT2D eigenvalue weighted by molar-refractivity contribution is 6.74. The number of rotatable bonds is 3. The van der Waals surface area contributed by atoms with E-state index in [-0.39, 0.29) is 0 Å². The van der Waals surface area contributed by atoms with Gasteiger partial charge in [0.25, 0.3) is 0 Å². The van der Waals surface area contributed by atoms with E-state index in [9.17, 15) is 0 Å². The summed E-state index contributed by atoms with van der Waals surface area (Å²) in [5.74, 6) is 0.739. The summed E-state index contributed by atoms with van der Waals surface area (Å²) in [6.07, 6.45) is 8.51. The number of hydrogen-bond acceptors (Lipinski definition) is 1. The number of fused-ring (bicyclic) bond motifs is 1. The molecular formula is C18H34OSi. The molecule has 116 valence electrons. The smallest absolute Gasteiger partial charge is 0.192 e. The van der Waals surface area contributed by atoms with Crippen molar-refractivity contribution in [1.82, 2.24) is 0 Å². The maximum Gasteiger partial charge on any atom is 0.192 e. The minimum Gasteiger partial charge on any atom is -0.414 e. The fourth-order valence-electron chi connectivity index (χ4n) is 4.21. The quantitative estimate of drug-likeness (QED) is 0.463. The summed E-state index contributed by atoms with van der Waals surface area (Å²) in [6.45, 7) is 18.5. The highest BCUT2D eigenvalue weighted by Crippen LogP contribution is 2.57. The van der Waals surface area contributed by atoms with Gasteiger partial charge in [-0.3, -0.25) is 0 Å². The van der Waals surface area contributed by atoms with E-state index in [1.807, 2.05) is 0 Å². The lowest BCUT2D eigenvalue weighted by Crippen LogP contribution is -2.49. The minimum atomic E-state index is -1.65. The van der Waals surface area contributed by atoms with Crippen LogP contribution < -0.4 is 0 Å². The Morgan fingerprint density at radius 3 is 2.20 bits per heavy atom. The average Bonchev–Trinajstić information content (AvgIpc) is 2.73. The van der Waals surface area contributed by atoms with Gasteiger partial charge in [-0.25, -0.2) is 0 Å². The molecule has 1 unspecified atom stereocenters. The van der Waals surface area contributed by atoms with Crippen LogP contribution in [-0.4, -0.2) is 14.4 Å². The van der Waals surface area contributed by atoms with Crippen LogP contribution in [0.5, 0.6) is 0 Å². The van der Waals surface area contributed by atoms with Crippen molar-refractivity contribution < 1.29 is 4.43 Å². The van der Waals surface area contributed by atoms with E-state index in [1.54, 1.807) is 0 Å². The highest BCUT2D eigenvalue weighted by Gasteiger charge is 2.51. The third-order valence-corrected chi connectivity index (χ3v) is 11.0. The normalized spacial score (nSPS) is 34.9. The molecule has 0 radical (unpaired) electrons. The first-order chi connectivity index (χ1) is 9.10. The van der Waals surface area contributed by atoms with Crippen molar-refractivity contribution >= 4 is 8.32 Å². The van der Waals surface area contributed by atoms with E-state index in [1.165, 1.54) is 44.1 Å². The lowest BCUT2D eigenvalue weighted by molar-refractivity contribution is 0.0193. The van der Waals surface area contributed by atoms with Gasteiger partial charge in [0.15, 0.2) is 8.32 Å². The van der Waals surface area contributed by atoms with Gasteiger partial charge in [0.1, 0.15) is 0 Å². The van der Waals surface area contributed by atoms with Crippen molar-refractivity contribution in [3.05, 3.63) is 12.2 Å². The molecular weight excluding hydrogens is 260 g/mol. The first-order valence-corrected chi connectivity index (χ1v) is 11.3. The van der Waals surface area contributed by atoms with Crippen LogP contribution in [0.4, 0.5) is 0 Å². The molecule has 2 rings (SSSR count).